The minimum absolute atomic E-state index is 0.000438. The summed E-state index contributed by atoms with van der Waals surface area (Å²) < 4.78 is 39.8. The highest BCUT2D eigenvalue weighted by atomic mass is 32.2. The van der Waals surface area contributed by atoms with E-state index in [2.05, 4.69) is 12.5 Å². The molecule has 7 nitrogen and oxygen atoms in total. The number of benzene rings is 1. The van der Waals surface area contributed by atoms with Crippen LogP contribution in [-0.2, 0) is 33.4 Å². The molecule has 0 fully saturated rings. The number of carbonyl (C=O) groups excluding carboxylic acids is 2. The van der Waals surface area contributed by atoms with Crippen LogP contribution in [0.5, 0.6) is 0 Å². The molecule has 0 aliphatic rings. The Morgan fingerprint density at radius 2 is 1.61 bits per heavy atom. The Kier molecular flexibility index (Phi) is 8.26. The molecule has 0 N–H and O–H groups in total. The first-order valence-electron chi connectivity index (χ1n) is 8.59. The molecule has 1 aromatic carbocycles. The molecule has 0 saturated heterocycles. The first-order valence-corrected chi connectivity index (χ1v) is 10.0. The van der Waals surface area contributed by atoms with Crippen LogP contribution in [0.25, 0.3) is 0 Å². The van der Waals surface area contributed by atoms with Gasteiger partial charge in [-0.1, -0.05) is 24.3 Å². The van der Waals surface area contributed by atoms with E-state index in [0.29, 0.717) is 0 Å². The molecule has 1 rings (SSSR count). The monoisotopic (exact) mass is 408 g/mol. The SMILES string of the molecule is C#CCC(CC(=C)OS(=O)(=O)c1ccc(C)cc1)(C(=O)OCC)C(=O)OCC. The molecule has 0 radical (unpaired) electrons. The third-order valence-corrected chi connectivity index (χ3v) is 5.08. The van der Waals surface area contributed by atoms with E-state index < -0.39 is 33.9 Å². The number of hydrogen-bond acceptors (Lipinski definition) is 7. The zero-order valence-corrected chi connectivity index (χ0v) is 17.0. The maximum absolute atomic E-state index is 12.5. The van der Waals surface area contributed by atoms with Gasteiger partial charge in [0.15, 0.2) is 5.41 Å². The zero-order valence-electron chi connectivity index (χ0n) is 16.2. The van der Waals surface area contributed by atoms with Gasteiger partial charge in [-0.2, -0.15) is 8.42 Å². The Labute approximate surface area is 165 Å². The molecule has 8 heteroatoms. The first-order chi connectivity index (χ1) is 13.1. The quantitative estimate of drug-likeness (QED) is 0.193. The van der Waals surface area contributed by atoms with E-state index in [1.165, 1.54) is 12.1 Å². The lowest BCUT2D eigenvalue weighted by Crippen LogP contribution is -2.42. The van der Waals surface area contributed by atoms with Crippen molar-refractivity contribution in [1.29, 1.82) is 0 Å². The number of allylic oxidation sites excluding steroid dienone is 1. The molecular formula is C20H24O7S. The van der Waals surface area contributed by atoms with Gasteiger partial charge >= 0.3 is 22.1 Å². The van der Waals surface area contributed by atoms with E-state index in [1.54, 1.807) is 26.0 Å². The Morgan fingerprint density at radius 3 is 2.04 bits per heavy atom. The van der Waals surface area contributed by atoms with Crippen molar-refractivity contribution in [2.75, 3.05) is 13.2 Å². The van der Waals surface area contributed by atoms with E-state index in [9.17, 15) is 18.0 Å². The third kappa shape index (κ3) is 5.60. The van der Waals surface area contributed by atoms with Crippen LogP contribution in [0, 0.1) is 24.7 Å². The number of aryl methyl sites for hydroxylation is 1. The van der Waals surface area contributed by atoms with Crippen molar-refractivity contribution in [3.63, 3.8) is 0 Å². The zero-order chi connectivity index (χ0) is 21.4. The minimum Gasteiger partial charge on any atom is -0.465 e. The second kappa shape index (κ2) is 9.95. The molecule has 152 valence electrons. The van der Waals surface area contributed by atoms with Crippen molar-refractivity contribution in [1.82, 2.24) is 0 Å². The average molecular weight is 408 g/mol. The van der Waals surface area contributed by atoms with Gasteiger partial charge < -0.3 is 13.7 Å². The van der Waals surface area contributed by atoms with Gasteiger partial charge in [0.1, 0.15) is 10.7 Å². The Balaban J connectivity index is 3.17. The summed E-state index contributed by atoms with van der Waals surface area (Å²) >= 11 is 0. The number of carbonyl (C=O) groups is 2. The molecular weight excluding hydrogens is 384 g/mol. The highest BCUT2D eigenvalue weighted by Crippen LogP contribution is 2.35. The lowest BCUT2D eigenvalue weighted by molar-refractivity contribution is -0.172. The molecule has 0 aliphatic carbocycles. The molecule has 0 heterocycles. The highest BCUT2D eigenvalue weighted by Gasteiger charge is 2.49. The molecule has 0 aliphatic heterocycles. The van der Waals surface area contributed by atoms with Gasteiger partial charge in [-0.3, -0.25) is 9.59 Å². The van der Waals surface area contributed by atoms with Crippen LogP contribution in [0.3, 0.4) is 0 Å². The smallest absolute Gasteiger partial charge is 0.338 e. The Bertz CT molecular complexity index is 843. The van der Waals surface area contributed by atoms with Gasteiger partial charge in [-0.25, -0.2) is 0 Å². The van der Waals surface area contributed by atoms with Crippen molar-refractivity contribution < 1.29 is 31.7 Å². The summed E-state index contributed by atoms with van der Waals surface area (Å²) in [5.41, 5.74) is -1.07. The predicted octanol–water partition coefficient (Wildman–Crippen LogP) is 2.74. The molecule has 28 heavy (non-hydrogen) atoms. The molecule has 0 aromatic heterocycles. The summed E-state index contributed by atoms with van der Waals surface area (Å²) in [5, 5.41) is 0. The normalized spacial score (nSPS) is 11.2. The van der Waals surface area contributed by atoms with Crippen LogP contribution >= 0.6 is 0 Å². The fourth-order valence-corrected chi connectivity index (χ4v) is 3.36. The van der Waals surface area contributed by atoms with Crippen molar-refractivity contribution in [2.45, 2.75) is 38.5 Å². The second-order valence-electron chi connectivity index (χ2n) is 5.97. The van der Waals surface area contributed by atoms with Gasteiger partial charge in [0.25, 0.3) is 0 Å². The first kappa shape index (κ1) is 23.2. The summed E-state index contributed by atoms with van der Waals surface area (Å²) in [6.07, 6.45) is 4.47. The Hall–Kier alpha value is -2.79. The molecule has 0 saturated carbocycles. The number of hydrogen-bond donors (Lipinski definition) is 0. The molecule has 0 unspecified atom stereocenters. The van der Waals surface area contributed by atoms with Crippen molar-refractivity contribution >= 4 is 22.1 Å². The van der Waals surface area contributed by atoms with Crippen LogP contribution < -0.4 is 0 Å². The van der Waals surface area contributed by atoms with E-state index in [4.69, 9.17) is 20.1 Å². The molecule has 0 spiro atoms. The fourth-order valence-electron chi connectivity index (χ4n) is 2.42. The fraction of sp³-hybridized carbons (Fsp3) is 0.400. The van der Waals surface area contributed by atoms with Crippen molar-refractivity contribution in [3.8, 4) is 12.3 Å². The summed E-state index contributed by atoms with van der Waals surface area (Å²) in [4.78, 5) is 24.9. The topological polar surface area (TPSA) is 96.0 Å². The van der Waals surface area contributed by atoms with E-state index in [-0.39, 0.29) is 30.3 Å². The van der Waals surface area contributed by atoms with Crippen molar-refractivity contribution in [2.24, 2.45) is 5.41 Å². The van der Waals surface area contributed by atoms with Crippen molar-refractivity contribution in [3.05, 3.63) is 42.2 Å². The van der Waals surface area contributed by atoms with Gasteiger partial charge in [-0.15, -0.1) is 12.3 Å². The molecule has 0 amide bonds. The Morgan fingerprint density at radius 1 is 1.11 bits per heavy atom. The maximum Gasteiger partial charge on any atom is 0.338 e. The van der Waals surface area contributed by atoms with Gasteiger partial charge in [0.05, 0.1) is 13.2 Å². The summed E-state index contributed by atoms with van der Waals surface area (Å²) in [6.45, 7) is 8.49. The second-order valence-corrected chi connectivity index (χ2v) is 7.52. The highest BCUT2D eigenvalue weighted by molar-refractivity contribution is 7.86. The van der Waals surface area contributed by atoms with E-state index in [0.717, 1.165) is 5.56 Å². The predicted molar refractivity (Wildman–Crippen MR) is 102 cm³/mol. The average Bonchev–Trinajstić information content (AvgIpc) is 2.61. The third-order valence-electron chi connectivity index (χ3n) is 3.77. The number of rotatable bonds is 10. The van der Waals surface area contributed by atoms with Crippen LogP contribution in [0.4, 0.5) is 0 Å². The number of terminal acetylenes is 1. The van der Waals surface area contributed by atoms with Crippen LogP contribution in [-0.4, -0.2) is 33.6 Å². The van der Waals surface area contributed by atoms with Crippen LogP contribution in [0.1, 0.15) is 32.3 Å². The van der Waals surface area contributed by atoms with E-state index >= 15 is 0 Å². The lowest BCUT2D eigenvalue weighted by atomic mass is 9.80. The van der Waals surface area contributed by atoms with Gasteiger partial charge in [-0.05, 0) is 32.9 Å². The summed E-state index contributed by atoms with van der Waals surface area (Å²) in [6, 6.07) is 5.98. The molecule has 0 bridgehead atoms. The molecule has 0 atom stereocenters. The number of esters is 2. The minimum atomic E-state index is -4.19. The summed E-state index contributed by atoms with van der Waals surface area (Å²) in [7, 11) is -4.19. The van der Waals surface area contributed by atoms with Crippen LogP contribution in [0.15, 0.2) is 41.5 Å². The lowest BCUT2D eigenvalue weighted by Gasteiger charge is -2.27. The largest absolute Gasteiger partial charge is 0.465 e. The standard InChI is InChI=1S/C20H24O7S/c1-6-13-20(18(21)25-7-2,19(22)26-8-3)14-16(5)27-28(23,24)17-11-9-15(4)10-12-17/h1,9-12H,5,7-8,13-14H2,2-4H3. The van der Waals surface area contributed by atoms with Gasteiger partial charge in [0.2, 0.25) is 0 Å². The van der Waals surface area contributed by atoms with Crippen LogP contribution in [0.2, 0.25) is 0 Å². The molecule has 1 aromatic rings. The summed E-state index contributed by atoms with van der Waals surface area (Å²) in [5.74, 6) is 0.0555. The maximum atomic E-state index is 12.5. The number of ether oxygens (including phenoxy) is 2. The van der Waals surface area contributed by atoms with E-state index in [1.807, 2.05) is 6.92 Å². The van der Waals surface area contributed by atoms with Gasteiger partial charge in [0, 0.05) is 12.8 Å².